The highest BCUT2D eigenvalue weighted by Crippen LogP contribution is 2.23. The molecule has 0 saturated heterocycles. The van der Waals surface area contributed by atoms with Gasteiger partial charge in [-0.15, -0.1) is 0 Å². The zero-order valence-electron chi connectivity index (χ0n) is 11.6. The van der Waals surface area contributed by atoms with E-state index in [1.165, 1.54) is 11.3 Å². The fraction of sp³-hybridized carbons (Fsp3) is 0.571. The van der Waals surface area contributed by atoms with Gasteiger partial charge in [0.05, 0.1) is 5.69 Å². The highest BCUT2D eigenvalue weighted by molar-refractivity contribution is 5.51. The molecular weight excluding hydrogens is 210 g/mol. The average molecular weight is 231 g/mol. The summed E-state index contributed by atoms with van der Waals surface area (Å²) in [6.45, 7) is 12.9. The van der Waals surface area contributed by atoms with Gasteiger partial charge < -0.3 is 0 Å². The monoisotopic (exact) mass is 231 g/mol. The lowest BCUT2D eigenvalue weighted by molar-refractivity contribution is 0.722. The number of hydrogen-bond donors (Lipinski definition) is 0. The zero-order valence-corrected chi connectivity index (χ0v) is 11.6. The first-order chi connectivity index (χ1) is 7.91. The molecule has 3 heteroatoms. The largest absolute Gasteiger partial charge is 0.233 e. The van der Waals surface area contributed by atoms with Crippen molar-refractivity contribution in [3.63, 3.8) is 0 Å². The molecule has 0 saturated carbocycles. The SMILES string of the molecule is Cc1nn2c(C(C)C)cc(C(C)C)nc2c1C. The summed E-state index contributed by atoms with van der Waals surface area (Å²) >= 11 is 0. The Morgan fingerprint density at radius 3 is 2.24 bits per heavy atom. The number of aryl methyl sites for hydroxylation is 2. The summed E-state index contributed by atoms with van der Waals surface area (Å²) in [5.74, 6) is 0.906. The van der Waals surface area contributed by atoms with Crippen molar-refractivity contribution in [1.29, 1.82) is 0 Å². The maximum absolute atomic E-state index is 4.74. The number of aromatic nitrogens is 3. The highest BCUT2D eigenvalue weighted by Gasteiger charge is 2.15. The molecule has 2 aromatic rings. The molecule has 0 unspecified atom stereocenters. The van der Waals surface area contributed by atoms with E-state index in [4.69, 9.17) is 4.98 Å². The van der Waals surface area contributed by atoms with E-state index < -0.39 is 0 Å². The first kappa shape index (κ1) is 12.1. The van der Waals surface area contributed by atoms with E-state index in [-0.39, 0.29) is 0 Å². The van der Waals surface area contributed by atoms with E-state index in [9.17, 15) is 0 Å². The Morgan fingerprint density at radius 1 is 1.06 bits per heavy atom. The van der Waals surface area contributed by atoms with Crippen LogP contribution >= 0.6 is 0 Å². The summed E-state index contributed by atoms with van der Waals surface area (Å²) < 4.78 is 2.00. The predicted molar refractivity (Wildman–Crippen MR) is 70.6 cm³/mol. The maximum Gasteiger partial charge on any atom is 0.158 e. The van der Waals surface area contributed by atoms with Crippen LogP contribution in [0, 0.1) is 13.8 Å². The van der Waals surface area contributed by atoms with Crippen molar-refractivity contribution >= 4 is 5.65 Å². The standard InChI is InChI=1S/C14H21N3/c1-8(2)12-7-13(9(3)4)17-14(15-12)10(5)11(6)16-17/h7-9H,1-6H3. The Hall–Kier alpha value is -1.38. The molecule has 0 spiro atoms. The summed E-state index contributed by atoms with van der Waals surface area (Å²) in [6.07, 6.45) is 0. The Labute approximate surface area is 103 Å². The van der Waals surface area contributed by atoms with Crippen molar-refractivity contribution in [2.75, 3.05) is 0 Å². The Kier molecular flexibility index (Phi) is 2.94. The van der Waals surface area contributed by atoms with Crippen LogP contribution in [0.4, 0.5) is 0 Å². The van der Waals surface area contributed by atoms with Gasteiger partial charge in [-0.25, -0.2) is 9.50 Å². The fourth-order valence-corrected chi connectivity index (χ4v) is 1.98. The van der Waals surface area contributed by atoms with Crippen LogP contribution < -0.4 is 0 Å². The van der Waals surface area contributed by atoms with Gasteiger partial charge in [0, 0.05) is 17.0 Å². The van der Waals surface area contributed by atoms with Crippen LogP contribution in [0.3, 0.4) is 0 Å². The lowest BCUT2D eigenvalue weighted by atomic mass is 10.0. The first-order valence-electron chi connectivity index (χ1n) is 6.28. The Bertz CT molecular complexity index is 550. The minimum absolute atomic E-state index is 0.451. The minimum atomic E-state index is 0.451. The molecule has 0 aliphatic carbocycles. The van der Waals surface area contributed by atoms with Crippen molar-refractivity contribution in [3.05, 3.63) is 28.7 Å². The third-order valence-corrected chi connectivity index (χ3v) is 3.29. The molecular formula is C14H21N3. The smallest absolute Gasteiger partial charge is 0.158 e. The van der Waals surface area contributed by atoms with Crippen molar-refractivity contribution in [2.24, 2.45) is 0 Å². The van der Waals surface area contributed by atoms with Gasteiger partial charge in [-0.2, -0.15) is 5.10 Å². The van der Waals surface area contributed by atoms with Crippen LogP contribution in [0.25, 0.3) is 5.65 Å². The van der Waals surface area contributed by atoms with Gasteiger partial charge in [0.1, 0.15) is 0 Å². The van der Waals surface area contributed by atoms with Crippen LogP contribution in [0.1, 0.15) is 62.2 Å². The molecule has 2 heterocycles. The second kappa shape index (κ2) is 4.13. The average Bonchev–Trinajstić information content (AvgIpc) is 2.54. The zero-order chi connectivity index (χ0) is 12.7. The van der Waals surface area contributed by atoms with Crippen LogP contribution in [0.15, 0.2) is 6.07 Å². The van der Waals surface area contributed by atoms with Crippen molar-refractivity contribution < 1.29 is 0 Å². The number of rotatable bonds is 2. The molecule has 0 aromatic carbocycles. The molecule has 0 bridgehead atoms. The molecule has 2 rings (SSSR count). The van der Waals surface area contributed by atoms with E-state index in [2.05, 4.69) is 45.8 Å². The van der Waals surface area contributed by atoms with E-state index in [1.807, 2.05) is 11.4 Å². The van der Waals surface area contributed by atoms with Gasteiger partial charge >= 0.3 is 0 Å². The molecule has 0 aliphatic heterocycles. The normalized spacial score (nSPS) is 12.0. The molecule has 92 valence electrons. The first-order valence-corrected chi connectivity index (χ1v) is 6.28. The highest BCUT2D eigenvalue weighted by atomic mass is 15.3. The van der Waals surface area contributed by atoms with Crippen LogP contribution in [-0.2, 0) is 0 Å². The van der Waals surface area contributed by atoms with Gasteiger partial charge in [0.25, 0.3) is 0 Å². The van der Waals surface area contributed by atoms with Crippen LogP contribution in [0.2, 0.25) is 0 Å². The minimum Gasteiger partial charge on any atom is -0.233 e. The van der Waals surface area contributed by atoms with E-state index in [1.54, 1.807) is 0 Å². The Morgan fingerprint density at radius 2 is 1.71 bits per heavy atom. The summed E-state index contributed by atoms with van der Waals surface area (Å²) in [5, 5.41) is 4.59. The second-order valence-electron chi connectivity index (χ2n) is 5.36. The molecule has 2 aromatic heterocycles. The van der Waals surface area contributed by atoms with E-state index in [0.29, 0.717) is 11.8 Å². The van der Waals surface area contributed by atoms with Crippen molar-refractivity contribution in [1.82, 2.24) is 14.6 Å². The summed E-state index contributed by atoms with van der Waals surface area (Å²) in [4.78, 5) is 4.74. The molecule has 0 atom stereocenters. The molecule has 0 N–H and O–H groups in total. The summed E-state index contributed by atoms with van der Waals surface area (Å²) in [5.41, 5.74) is 5.67. The summed E-state index contributed by atoms with van der Waals surface area (Å²) in [7, 11) is 0. The quantitative estimate of drug-likeness (QED) is 0.790. The number of hydrogen-bond acceptors (Lipinski definition) is 2. The van der Waals surface area contributed by atoms with Gasteiger partial charge in [0.2, 0.25) is 0 Å². The van der Waals surface area contributed by atoms with Crippen LogP contribution in [-0.4, -0.2) is 14.6 Å². The molecule has 0 radical (unpaired) electrons. The van der Waals surface area contributed by atoms with Gasteiger partial charge in [-0.3, -0.25) is 0 Å². The van der Waals surface area contributed by atoms with Gasteiger partial charge in [-0.1, -0.05) is 27.7 Å². The molecule has 0 fully saturated rings. The van der Waals surface area contributed by atoms with Gasteiger partial charge in [-0.05, 0) is 31.7 Å². The summed E-state index contributed by atoms with van der Waals surface area (Å²) in [6, 6.07) is 2.19. The Balaban J connectivity index is 2.81. The predicted octanol–water partition coefficient (Wildman–Crippen LogP) is 3.59. The third-order valence-electron chi connectivity index (χ3n) is 3.29. The van der Waals surface area contributed by atoms with E-state index >= 15 is 0 Å². The maximum atomic E-state index is 4.74. The topological polar surface area (TPSA) is 30.2 Å². The lowest BCUT2D eigenvalue weighted by Crippen LogP contribution is -2.06. The number of fused-ring (bicyclic) bond motifs is 1. The molecule has 0 aliphatic rings. The van der Waals surface area contributed by atoms with Crippen molar-refractivity contribution in [2.45, 2.75) is 53.4 Å². The van der Waals surface area contributed by atoms with Gasteiger partial charge in [0.15, 0.2) is 5.65 Å². The molecule has 3 nitrogen and oxygen atoms in total. The second-order valence-corrected chi connectivity index (χ2v) is 5.36. The lowest BCUT2D eigenvalue weighted by Gasteiger charge is -2.12. The third kappa shape index (κ3) is 1.94. The van der Waals surface area contributed by atoms with E-state index in [0.717, 1.165) is 17.0 Å². The molecule has 17 heavy (non-hydrogen) atoms. The van der Waals surface area contributed by atoms with Crippen molar-refractivity contribution in [3.8, 4) is 0 Å². The molecule has 0 amide bonds. The van der Waals surface area contributed by atoms with Crippen LogP contribution in [0.5, 0.6) is 0 Å². The fourth-order valence-electron chi connectivity index (χ4n) is 1.98. The number of nitrogens with zero attached hydrogens (tertiary/aromatic N) is 3.